The molecule has 18 heavy (non-hydrogen) atoms. The molecular weight excluding hydrogens is 272 g/mol. The van der Waals surface area contributed by atoms with E-state index in [2.05, 4.69) is 4.74 Å². The Morgan fingerprint density at radius 2 is 1.78 bits per heavy atom. The zero-order chi connectivity index (χ0) is 14.0. The van der Waals surface area contributed by atoms with Crippen LogP contribution < -0.4 is 0 Å². The van der Waals surface area contributed by atoms with Gasteiger partial charge in [0.1, 0.15) is 0 Å². The van der Waals surface area contributed by atoms with Crippen molar-refractivity contribution in [3.63, 3.8) is 0 Å². The maximum absolute atomic E-state index is 10.8. The first-order valence-corrected chi connectivity index (χ1v) is 7.50. The Balaban J connectivity index is 0.00000137. The number of carboxylic acids is 1. The lowest BCUT2D eigenvalue weighted by molar-refractivity contribution is -0.136. The SMILES string of the molecule is CC.COC(=O)SSc1ccc(CC(=O)O)cc1. The summed E-state index contributed by atoms with van der Waals surface area (Å²) in [6.45, 7) is 4.00. The van der Waals surface area contributed by atoms with E-state index in [1.165, 1.54) is 17.9 Å². The van der Waals surface area contributed by atoms with Crippen LogP contribution in [0.5, 0.6) is 0 Å². The minimum Gasteiger partial charge on any atom is -0.481 e. The van der Waals surface area contributed by atoms with Crippen molar-refractivity contribution in [2.24, 2.45) is 0 Å². The van der Waals surface area contributed by atoms with Crippen molar-refractivity contribution in [3.05, 3.63) is 29.8 Å². The van der Waals surface area contributed by atoms with E-state index in [1.807, 2.05) is 13.8 Å². The topological polar surface area (TPSA) is 63.6 Å². The highest BCUT2D eigenvalue weighted by molar-refractivity contribution is 8.82. The summed E-state index contributed by atoms with van der Waals surface area (Å²) in [4.78, 5) is 22.2. The normalized spacial score (nSPS) is 9.06. The van der Waals surface area contributed by atoms with Crippen molar-refractivity contribution in [2.75, 3.05) is 7.11 Å². The van der Waals surface area contributed by atoms with E-state index in [4.69, 9.17) is 5.11 Å². The molecule has 1 N–H and O–H groups in total. The Kier molecular flexibility index (Phi) is 9.22. The molecule has 0 bridgehead atoms. The number of carbonyl (C=O) groups excluding carboxylic acids is 1. The molecule has 1 rings (SSSR count). The van der Waals surface area contributed by atoms with Crippen LogP contribution in [0, 0.1) is 0 Å². The molecule has 0 unspecified atom stereocenters. The monoisotopic (exact) mass is 288 g/mol. The third-order valence-electron chi connectivity index (χ3n) is 1.65. The number of rotatable bonds is 4. The van der Waals surface area contributed by atoms with Crippen molar-refractivity contribution in [1.82, 2.24) is 0 Å². The van der Waals surface area contributed by atoms with Crippen molar-refractivity contribution < 1.29 is 19.4 Å². The van der Waals surface area contributed by atoms with Gasteiger partial charge in [-0.1, -0.05) is 26.0 Å². The van der Waals surface area contributed by atoms with Gasteiger partial charge in [-0.05, 0) is 28.5 Å². The summed E-state index contributed by atoms with van der Waals surface area (Å²) in [5.41, 5.74) is 0.736. The van der Waals surface area contributed by atoms with Gasteiger partial charge in [0.15, 0.2) is 0 Å². The maximum Gasteiger partial charge on any atom is 0.378 e. The molecule has 1 aromatic carbocycles. The van der Waals surface area contributed by atoms with Crippen LogP contribution in [-0.4, -0.2) is 23.5 Å². The van der Waals surface area contributed by atoms with E-state index in [1.54, 1.807) is 24.3 Å². The summed E-state index contributed by atoms with van der Waals surface area (Å²) in [6.07, 6.45) is 0.00902. The van der Waals surface area contributed by atoms with Gasteiger partial charge in [-0.3, -0.25) is 4.79 Å². The van der Waals surface area contributed by atoms with E-state index in [0.29, 0.717) is 0 Å². The van der Waals surface area contributed by atoms with Crippen LogP contribution in [0.3, 0.4) is 0 Å². The number of carboxylic acid groups (broad SMARTS) is 1. The van der Waals surface area contributed by atoms with Crippen LogP contribution in [0.4, 0.5) is 4.79 Å². The number of ether oxygens (including phenoxy) is 1. The maximum atomic E-state index is 10.8. The lowest BCUT2D eigenvalue weighted by Crippen LogP contribution is -1.99. The highest BCUT2D eigenvalue weighted by Crippen LogP contribution is 2.32. The fourth-order valence-corrected chi connectivity index (χ4v) is 2.46. The van der Waals surface area contributed by atoms with E-state index in [9.17, 15) is 9.59 Å². The fourth-order valence-electron chi connectivity index (χ4n) is 0.954. The van der Waals surface area contributed by atoms with Gasteiger partial charge in [-0.25, -0.2) is 4.79 Å². The number of hydrogen-bond acceptors (Lipinski definition) is 5. The molecule has 0 atom stereocenters. The highest BCUT2D eigenvalue weighted by Gasteiger charge is 2.04. The van der Waals surface area contributed by atoms with Crippen molar-refractivity contribution >= 4 is 32.9 Å². The minimum atomic E-state index is -0.857. The first-order chi connectivity index (χ1) is 8.61. The number of aliphatic carboxylic acids is 1. The average Bonchev–Trinajstić information content (AvgIpc) is 2.39. The van der Waals surface area contributed by atoms with E-state index >= 15 is 0 Å². The summed E-state index contributed by atoms with van der Waals surface area (Å²) in [6, 6.07) is 7.01. The molecule has 0 aromatic heterocycles. The molecule has 0 amide bonds. The van der Waals surface area contributed by atoms with Gasteiger partial charge in [-0.15, -0.1) is 0 Å². The molecular formula is C12H16O4S2. The minimum absolute atomic E-state index is 0.00902. The molecule has 0 spiro atoms. The number of carbonyl (C=O) groups is 2. The summed E-state index contributed by atoms with van der Waals surface area (Å²) in [5.74, 6) is -0.857. The van der Waals surface area contributed by atoms with Gasteiger partial charge in [-0.2, -0.15) is 0 Å². The van der Waals surface area contributed by atoms with Gasteiger partial charge in [0, 0.05) is 15.7 Å². The van der Waals surface area contributed by atoms with Gasteiger partial charge in [0.25, 0.3) is 0 Å². The average molecular weight is 288 g/mol. The second-order valence-electron chi connectivity index (χ2n) is 2.84. The van der Waals surface area contributed by atoms with Crippen LogP contribution in [0.15, 0.2) is 29.2 Å². The predicted octanol–water partition coefficient (Wildman–Crippen LogP) is 3.85. The third-order valence-corrected chi connectivity index (χ3v) is 3.74. The zero-order valence-electron chi connectivity index (χ0n) is 10.5. The summed E-state index contributed by atoms with van der Waals surface area (Å²) >= 11 is 0. The van der Waals surface area contributed by atoms with Crippen LogP contribution in [0.25, 0.3) is 0 Å². The molecule has 4 nitrogen and oxygen atoms in total. The predicted molar refractivity (Wildman–Crippen MR) is 75.0 cm³/mol. The van der Waals surface area contributed by atoms with Gasteiger partial charge >= 0.3 is 11.3 Å². The van der Waals surface area contributed by atoms with E-state index < -0.39 is 5.97 Å². The first-order valence-electron chi connectivity index (χ1n) is 5.35. The molecule has 0 saturated heterocycles. The van der Waals surface area contributed by atoms with E-state index in [0.717, 1.165) is 21.3 Å². The van der Waals surface area contributed by atoms with Crippen molar-refractivity contribution in [3.8, 4) is 0 Å². The molecule has 0 saturated carbocycles. The van der Waals surface area contributed by atoms with Crippen LogP contribution >= 0.6 is 21.6 Å². The van der Waals surface area contributed by atoms with Crippen LogP contribution in [-0.2, 0) is 16.0 Å². The molecule has 0 aliphatic rings. The third kappa shape index (κ3) is 7.24. The Morgan fingerprint density at radius 1 is 1.22 bits per heavy atom. The smallest absolute Gasteiger partial charge is 0.378 e. The summed E-state index contributed by atoms with van der Waals surface area (Å²) in [7, 11) is 3.59. The van der Waals surface area contributed by atoms with Gasteiger partial charge in [0.05, 0.1) is 13.5 Å². The number of methoxy groups -OCH3 is 1. The fraction of sp³-hybridized carbons (Fsp3) is 0.333. The van der Waals surface area contributed by atoms with Crippen LogP contribution in [0.2, 0.25) is 0 Å². The Morgan fingerprint density at radius 3 is 2.22 bits per heavy atom. The molecule has 1 aromatic rings. The Bertz CT molecular complexity index is 376. The molecule has 0 radical (unpaired) electrons. The molecule has 0 aliphatic heterocycles. The highest BCUT2D eigenvalue weighted by atomic mass is 33.1. The quantitative estimate of drug-likeness (QED) is 0.670. The molecule has 100 valence electrons. The summed E-state index contributed by atoms with van der Waals surface area (Å²) in [5, 5.41) is 8.21. The zero-order valence-corrected chi connectivity index (χ0v) is 12.1. The largest absolute Gasteiger partial charge is 0.481 e. The second kappa shape index (κ2) is 9.85. The summed E-state index contributed by atoms with van der Waals surface area (Å²) < 4.78 is 4.47. The lowest BCUT2D eigenvalue weighted by atomic mass is 10.2. The van der Waals surface area contributed by atoms with Gasteiger partial charge in [0.2, 0.25) is 0 Å². The first kappa shape index (κ1) is 16.9. The molecule has 0 heterocycles. The van der Waals surface area contributed by atoms with Crippen LogP contribution in [0.1, 0.15) is 19.4 Å². The van der Waals surface area contributed by atoms with Crippen molar-refractivity contribution in [1.29, 1.82) is 0 Å². The Hall–Kier alpha value is -1.14. The Labute approximate surface area is 115 Å². The van der Waals surface area contributed by atoms with Gasteiger partial charge < -0.3 is 9.84 Å². The molecule has 0 fully saturated rings. The van der Waals surface area contributed by atoms with Crippen molar-refractivity contribution in [2.45, 2.75) is 25.2 Å². The molecule has 6 heteroatoms. The van der Waals surface area contributed by atoms with E-state index in [-0.39, 0.29) is 11.7 Å². The standard InChI is InChI=1S/C10H10O4S2.C2H6/c1-14-10(13)16-15-8-4-2-7(3-5-8)6-9(11)12;1-2/h2-5H,6H2,1H3,(H,11,12);1-2H3. The molecule has 0 aliphatic carbocycles. The lowest BCUT2D eigenvalue weighted by Gasteiger charge is -2.00. The number of benzene rings is 1. The number of hydrogen-bond donors (Lipinski definition) is 1. The second-order valence-corrected chi connectivity index (χ2v) is 4.97.